The average molecular weight is 288 g/mol. The van der Waals surface area contributed by atoms with Crippen LogP contribution in [-0.2, 0) is 16.6 Å². The number of carbonyl (C=O) groups is 2. The first-order valence-electron chi connectivity index (χ1n) is 5.98. The van der Waals surface area contributed by atoms with Gasteiger partial charge in [0.05, 0.1) is 0 Å². The lowest BCUT2D eigenvalue weighted by Gasteiger charge is -2.27. The van der Waals surface area contributed by atoms with Gasteiger partial charge in [-0.15, -0.1) is 6.58 Å². The summed E-state index contributed by atoms with van der Waals surface area (Å²) in [5, 5.41) is 2.61. The molecule has 1 N–H and O–H groups in total. The standard InChI is InChI=1S/C14H13N3O2S/c1-3-6-17-13(19)11(12(18)15-14(17)20)9-10-4-7-16(2)8-5-10/h3-5,7-9H,1,6H2,2H3/p+1. The van der Waals surface area contributed by atoms with E-state index in [1.54, 1.807) is 12.2 Å². The molecule has 0 saturated carbocycles. The van der Waals surface area contributed by atoms with Gasteiger partial charge in [0, 0.05) is 18.7 Å². The first-order chi connectivity index (χ1) is 9.52. The Bertz CT molecular complexity index is 620. The van der Waals surface area contributed by atoms with E-state index in [1.165, 1.54) is 4.90 Å². The van der Waals surface area contributed by atoms with Gasteiger partial charge in [0.25, 0.3) is 11.8 Å². The zero-order valence-corrected chi connectivity index (χ0v) is 11.8. The maximum atomic E-state index is 12.3. The van der Waals surface area contributed by atoms with Gasteiger partial charge < -0.3 is 0 Å². The summed E-state index contributed by atoms with van der Waals surface area (Å²) < 4.78 is 1.86. The van der Waals surface area contributed by atoms with E-state index in [2.05, 4.69) is 11.9 Å². The highest BCUT2D eigenvalue weighted by molar-refractivity contribution is 7.80. The molecule has 0 aliphatic carbocycles. The third kappa shape index (κ3) is 2.80. The Labute approximate surface area is 122 Å². The van der Waals surface area contributed by atoms with E-state index in [1.807, 2.05) is 36.1 Å². The van der Waals surface area contributed by atoms with Crippen molar-refractivity contribution in [3.05, 3.63) is 48.3 Å². The molecule has 2 rings (SSSR count). The summed E-state index contributed by atoms with van der Waals surface area (Å²) in [4.78, 5) is 25.5. The van der Waals surface area contributed by atoms with Crippen LogP contribution < -0.4 is 9.88 Å². The van der Waals surface area contributed by atoms with Gasteiger partial charge in [-0.3, -0.25) is 19.8 Å². The third-order valence-electron chi connectivity index (χ3n) is 2.81. The number of carbonyl (C=O) groups excluding carboxylic acids is 2. The van der Waals surface area contributed by atoms with Crippen LogP contribution in [0.1, 0.15) is 5.56 Å². The molecule has 0 spiro atoms. The minimum Gasteiger partial charge on any atom is -0.298 e. The zero-order valence-electron chi connectivity index (χ0n) is 11.0. The lowest BCUT2D eigenvalue weighted by molar-refractivity contribution is -0.671. The second-order valence-corrected chi connectivity index (χ2v) is 4.71. The van der Waals surface area contributed by atoms with E-state index < -0.39 is 11.8 Å². The molecule has 0 radical (unpaired) electrons. The topological polar surface area (TPSA) is 53.3 Å². The molecule has 102 valence electrons. The van der Waals surface area contributed by atoms with E-state index in [-0.39, 0.29) is 17.2 Å². The highest BCUT2D eigenvalue weighted by Gasteiger charge is 2.32. The van der Waals surface area contributed by atoms with E-state index >= 15 is 0 Å². The van der Waals surface area contributed by atoms with Gasteiger partial charge in [0.2, 0.25) is 0 Å². The van der Waals surface area contributed by atoms with Crippen LogP contribution in [-0.4, -0.2) is 28.4 Å². The molecule has 2 amide bonds. The summed E-state index contributed by atoms with van der Waals surface area (Å²) in [6.45, 7) is 3.84. The largest absolute Gasteiger partial charge is 0.298 e. The van der Waals surface area contributed by atoms with Crippen molar-refractivity contribution in [3.8, 4) is 0 Å². The molecular weight excluding hydrogens is 274 g/mol. The van der Waals surface area contributed by atoms with Gasteiger partial charge in [-0.05, 0) is 23.9 Å². The second-order valence-electron chi connectivity index (χ2n) is 4.32. The smallest absolute Gasteiger partial charge is 0.265 e. The van der Waals surface area contributed by atoms with Crippen LogP contribution >= 0.6 is 12.2 Å². The Morgan fingerprint density at radius 2 is 2.05 bits per heavy atom. The summed E-state index contributed by atoms with van der Waals surface area (Å²) in [6.07, 6.45) is 6.78. The number of aromatic nitrogens is 1. The molecule has 0 bridgehead atoms. The first kappa shape index (κ1) is 14.1. The number of hydrogen-bond donors (Lipinski definition) is 1. The fraction of sp³-hybridized carbons (Fsp3) is 0.143. The molecule has 0 aromatic carbocycles. The Hall–Kier alpha value is -2.34. The zero-order chi connectivity index (χ0) is 14.7. The minimum atomic E-state index is -0.478. The number of hydrogen-bond acceptors (Lipinski definition) is 3. The van der Waals surface area contributed by atoms with E-state index in [0.717, 1.165) is 5.56 Å². The maximum absolute atomic E-state index is 12.3. The first-order valence-corrected chi connectivity index (χ1v) is 6.39. The van der Waals surface area contributed by atoms with Gasteiger partial charge in [-0.2, -0.15) is 0 Å². The van der Waals surface area contributed by atoms with Crippen molar-refractivity contribution < 1.29 is 14.2 Å². The number of pyridine rings is 1. The Kier molecular flexibility index (Phi) is 4.05. The van der Waals surface area contributed by atoms with Crippen LogP contribution in [0.5, 0.6) is 0 Å². The molecule has 1 saturated heterocycles. The third-order valence-corrected chi connectivity index (χ3v) is 3.14. The van der Waals surface area contributed by atoms with Crippen LogP contribution in [0.4, 0.5) is 0 Å². The highest BCUT2D eigenvalue weighted by Crippen LogP contribution is 2.13. The molecule has 0 atom stereocenters. The SMILES string of the molecule is C=CCN1C(=O)C(=Cc2cc[n+](C)cc2)C(=O)NC1=S. The summed E-state index contributed by atoms with van der Waals surface area (Å²) in [5.41, 5.74) is 0.835. The fourth-order valence-electron chi connectivity index (χ4n) is 1.76. The fourth-order valence-corrected chi connectivity index (χ4v) is 2.01. The van der Waals surface area contributed by atoms with Crippen LogP contribution in [0.3, 0.4) is 0 Å². The number of nitrogens with zero attached hydrogens (tertiary/aromatic N) is 2. The number of nitrogens with one attached hydrogen (secondary N) is 1. The van der Waals surface area contributed by atoms with Gasteiger partial charge >= 0.3 is 0 Å². The lowest BCUT2D eigenvalue weighted by atomic mass is 10.1. The number of rotatable bonds is 3. The molecule has 1 aromatic rings. The summed E-state index contributed by atoms with van der Waals surface area (Å²) in [7, 11) is 1.89. The van der Waals surface area contributed by atoms with E-state index in [9.17, 15) is 9.59 Å². The van der Waals surface area contributed by atoms with Crippen LogP contribution in [0, 0.1) is 0 Å². The Morgan fingerprint density at radius 1 is 1.40 bits per heavy atom. The average Bonchev–Trinajstić information content (AvgIpc) is 2.41. The molecule has 1 fully saturated rings. The molecule has 1 aromatic heterocycles. The predicted octanol–water partition coefficient (Wildman–Crippen LogP) is 0.324. The number of amides is 2. The molecule has 6 heteroatoms. The van der Waals surface area contributed by atoms with Gasteiger partial charge in [0.1, 0.15) is 12.6 Å². The molecule has 1 aliphatic rings. The Morgan fingerprint density at radius 3 is 2.65 bits per heavy atom. The van der Waals surface area contributed by atoms with Crippen molar-refractivity contribution >= 4 is 35.2 Å². The molecule has 2 heterocycles. The molecule has 1 aliphatic heterocycles. The van der Waals surface area contributed by atoms with Crippen LogP contribution in [0.15, 0.2) is 42.8 Å². The summed E-state index contributed by atoms with van der Waals surface area (Å²) >= 11 is 4.98. The highest BCUT2D eigenvalue weighted by atomic mass is 32.1. The van der Waals surface area contributed by atoms with Crippen molar-refractivity contribution in [2.75, 3.05) is 6.54 Å². The van der Waals surface area contributed by atoms with Crippen molar-refractivity contribution in [3.63, 3.8) is 0 Å². The molecule has 0 unspecified atom stereocenters. The Balaban J connectivity index is 2.36. The molecule has 20 heavy (non-hydrogen) atoms. The lowest BCUT2D eigenvalue weighted by Crippen LogP contribution is -2.53. The van der Waals surface area contributed by atoms with E-state index in [0.29, 0.717) is 0 Å². The summed E-state index contributed by atoms with van der Waals surface area (Å²) in [6, 6.07) is 3.64. The van der Waals surface area contributed by atoms with Crippen LogP contribution in [0.25, 0.3) is 6.08 Å². The molecular formula is C14H14N3O2S+. The van der Waals surface area contributed by atoms with Gasteiger partial charge in [0.15, 0.2) is 17.5 Å². The van der Waals surface area contributed by atoms with E-state index in [4.69, 9.17) is 12.2 Å². The second kappa shape index (κ2) is 5.75. The van der Waals surface area contributed by atoms with Gasteiger partial charge in [-0.1, -0.05) is 6.08 Å². The van der Waals surface area contributed by atoms with Gasteiger partial charge in [-0.25, -0.2) is 4.57 Å². The number of thiocarbonyl (C=S) groups is 1. The maximum Gasteiger partial charge on any atom is 0.265 e. The summed E-state index contributed by atoms with van der Waals surface area (Å²) in [5.74, 6) is -0.889. The van der Waals surface area contributed by atoms with Crippen LogP contribution in [0.2, 0.25) is 0 Å². The molecule has 5 nitrogen and oxygen atoms in total. The quantitative estimate of drug-likeness (QED) is 0.287. The monoisotopic (exact) mass is 288 g/mol. The van der Waals surface area contributed by atoms with Crippen molar-refractivity contribution in [1.29, 1.82) is 0 Å². The van der Waals surface area contributed by atoms with Crippen molar-refractivity contribution in [2.45, 2.75) is 0 Å². The number of aryl methyl sites for hydroxylation is 1. The normalized spacial score (nSPS) is 17.4. The van der Waals surface area contributed by atoms with Crippen molar-refractivity contribution in [2.24, 2.45) is 7.05 Å². The minimum absolute atomic E-state index is 0.0642. The predicted molar refractivity (Wildman–Crippen MR) is 78.2 cm³/mol. The van der Waals surface area contributed by atoms with Crippen molar-refractivity contribution in [1.82, 2.24) is 10.2 Å².